The maximum Gasteiger partial charge on any atom is 0.411 e. The highest BCUT2D eigenvalue weighted by Gasteiger charge is 2.38. The van der Waals surface area contributed by atoms with Gasteiger partial charge in [0.25, 0.3) is 5.91 Å². The van der Waals surface area contributed by atoms with Gasteiger partial charge in [0.05, 0.1) is 0 Å². The van der Waals surface area contributed by atoms with Crippen molar-refractivity contribution in [2.24, 2.45) is 5.92 Å². The summed E-state index contributed by atoms with van der Waals surface area (Å²) in [5.74, 6) is -0.375. The molecule has 1 aliphatic carbocycles. The molecule has 0 bridgehead atoms. The number of amides is 2. The molecule has 7 nitrogen and oxygen atoms in total. The lowest BCUT2D eigenvalue weighted by atomic mass is 9.86. The molecule has 1 aliphatic heterocycles. The second-order valence-corrected chi connectivity index (χ2v) is 8.38. The number of hydrogen-bond donors (Lipinski definition) is 1. The van der Waals surface area contributed by atoms with Gasteiger partial charge in [-0.05, 0) is 52.4 Å². The molecule has 1 saturated heterocycles. The van der Waals surface area contributed by atoms with E-state index in [-0.39, 0.29) is 18.6 Å². The zero-order chi connectivity index (χ0) is 19.3. The van der Waals surface area contributed by atoms with Gasteiger partial charge in [0.15, 0.2) is 6.61 Å². The van der Waals surface area contributed by atoms with Crippen LogP contribution in [0.1, 0.15) is 66.2 Å². The Morgan fingerprint density at radius 2 is 1.77 bits per heavy atom. The quantitative estimate of drug-likeness (QED) is 0.771. The molecule has 2 aliphatic rings. The second-order valence-electron chi connectivity index (χ2n) is 8.38. The highest BCUT2D eigenvalue weighted by molar-refractivity contribution is 5.85. The number of nitrogens with one attached hydrogen (secondary N) is 1. The Kier molecular flexibility index (Phi) is 6.89. The van der Waals surface area contributed by atoms with Crippen LogP contribution >= 0.6 is 0 Å². The van der Waals surface area contributed by atoms with Crippen molar-refractivity contribution in [2.45, 2.75) is 83.9 Å². The topological polar surface area (TPSA) is 84.9 Å². The molecule has 0 unspecified atom stereocenters. The fraction of sp³-hybridized carbons (Fsp3) is 0.842. The smallest absolute Gasteiger partial charge is 0.411 e. The molecule has 1 saturated carbocycles. The van der Waals surface area contributed by atoms with Crippen LogP contribution in [0.25, 0.3) is 0 Å². The van der Waals surface area contributed by atoms with Crippen LogP contribution in [0.2, 0.25) is 0 Å². The number of nitrogens with zero attached hydrogens (tertiary/aromatic N) is 1. The van der Waals surface area contributed by atoms with Crippen LogP contribution in [0.4, 0.5) is 4.79 Å². The van der Waals surface area contributed by atoms with Crippen LogP contribution in [-0.2, 0) is 19.1 Å². The summed E-state index contributed by atoms with van der Waals surface area (Å²) in [6.07, 6.45) is 5.11. The summed E-state index contributed by atoms with van der Waals surface area (Å²) in [4.78, 5) is 38.0. The Morgan fingerprint density at radius 1 is 1.08 bits per heavy atom. The Labute approximate surface area is 155 Å². The summed E-state index contributed by atoms with van der Waals surface area (Å²) >= 11 is 0. The average Bonchev–Trinajstić information content (AvgIpc) is 3.03. The molecular formula is C19H32N2O5. The van der Waals surface area contributed by atoms with E-state index in [1.54, 1.807) is 20.8 Å². The summed E-state index contributed by atoms with van der Waals surface area (Å²) in [5, 5.41) is 2.96. The van der Waals surface area contributed by atoms with Crippen LogP contribution in [0.3, 0.4) is 0 Å². The Hall–Kier alpha value is -1.79. The van der Waals surface area contributed by atoms with Gasteiger partial charge in [-0.25, -0.2) is 9.59 Å². The number of likely N-dealkylation sites (tertiary alicyclic amines) is 1. The Bertz CT molecular complexity index is 529. The van der Waals surface area contributed by atoms with E-state index in [0.717, 1.165) is 19.3 Å². The Morgan fingerprint density at radius 3 is 2.42 bits per heavy atom. The van der Waals surface area contributed by atoms with Gasteiger partial charge in [-0.2, -0.15) is 0 Å². The zero-order valence-corrected chi connectivity index (χ0v) is 16.4. The molecule has 1 heterocycles. The van der Waals surface area contributed by atoms with Crippen molar-refractivity contribution in [1.29, 1.82) is 0 Å². The lowest BCUT2D eigenvalue weighted by Gasteiger charge is -2.29. The highest BCUT2D eigenvalue weighted by Crippen LogP contribution is 2.24. The van der Waals surface area contributed by atoms with Gasteiger partial charge >= 0.3 is 12.1 Å². The van der Waals surface area contributed by atoms with Crippen molar-refractivity contribution in [1.82, 2.24) is 10.2 Å². The van der Waals surface area contributed by atoms with Crippen LogP contribution in [0, 0.1) is 5.92 Å². The third-order valence-electron chi connectivity index (χ3n) is 4.96. The average molecular weight is 368 g/mol. The number of esters is 1. The third-order valence-corrected chi connectivity index (χ3v) is 4.96. The summed E-state index contributed by atoms with van der Waals surface area (Å²) < 4.78 is 10.5. The molecule has 2 rings (SSSR count). The molecule has 0 radical (unpaired) electrons. The molecule has 0 aromatic heterocycles. The van der Waals surface area contributed by atoms with Crippen molar-refractivity contribution in [3.8, 4) is 0 Å². The van der Waals surface area contributed by atoms with Crippen LogP contribution in [0.15, 0.2) is 0 Å². The molecule has 148 valence electrons. The van der Waals surface area contributed by atoms with E-state index in [1.165, 1.54) is 11.3 Å². The van der Waals surface area contributed by atoms with E-state index < -0.39 is 23.7 Å². The molecule has 26 heavy (non-hydrogen) atoms. The SMILES string of the molecule is C[C@@H]1CCCC[C@@H]1NC(=O)COC(=O)[C@@H]1CCCN1C(=O)OC(C)(C)C. The first kappa shape index (κ1) is 20.5. The minimum Gasteiger partial charge on any atom is -0.454 e. The number of rotatable bonds is 4. The Balaban J connectivity index is 1.80. The predicted molar refractivity (Wildman–Crippen MR) is 96.5 cm³/mol. The molecule has 0 aromatic carbocycles. The van der Waals surface area contributed by atoms with Crippen molar-refractivity contribution >= 4 is 18.0 Å². The fourth-order valence-corrected chi connectivity index (χ4v) is 3.56. The van der Waals surface area contributed by atoms with Gasteiger partial charge in [-0.3, -0.25) is 9.69 Å². The van der Waals surface area contributed by atoms with Crippen molar-refractivity contribution < 1.29 is 23.9 Å². The second kappa shape index (κ2) is 8.73. The van der Waals surface area contributed by atoms with E-state index in [2.05, 4.69) is 12.2 Å². The van der Waals surface area contributed by atoms with Gasteiger partial charge in [0.2, 0.25) is 0 Å². The molecule has 2 fully saturated rings. The fourth-order valence-electron chi connectivity index (χ4n) is 3.56. The first-order valence-corrected chi connectivity index (χ1v) is 9.63. The number of ether oxygens (including phenoxy) is 2. The van der Waals surface area contributed by atoms with E-state index >= 15 is 0 Å². The molecule has 2 amide bonds. The maximum absolute atomic E-state index is 12.3. The minimum absolute atomic E-state index is 0.152. The van der Waals surface area contributed by atoms with Crippen LogP contribution < -0.4 is 5.32 Å². The van der Waals surface area contributed by atoms with Gasteiger partial charge in [-0.15, -0.1) is 0 Å². The third kappa shape index (κ3) is 5.88. The number of carbonyl (C=O) groups is 3. The highest BCUT2D eigenvalue weighted by atomic mass is 16.6. The number of carbonyl (C=O) groups excluding carboxylic acids is 3. The van der Waals surface area contributed by atoms with Gasteiger partial charge in [0, 0.05) is 12.6 Å². The molecule has 7 heteroatoms. The monoisotopic (exact) mass is 368 g/mol. The van der Waals surface area contributed by atoms with E-state index in [4.69, 9.17) is 9.47 Å². The lowest BCUT2D eigenvalue weighted by molar-refractivity contribution is -0.153. The van der Waals surface area contributed by atoms with E-state index in [9.17, 15) is 14.4 Å². The normalized spacial score (nSPS) is 26.3. The summed E-state index contributed by atoms with van der Waals surface area (Å²) in [7, 11) is 0. The van der Waals surface area contributed by atoms with Crippen molar-refractivity contribution in [3.05, 3.63) is 0 Å². The molecular weight excluding hydrogens is 336 g/mol. The summed E-state index contributed by atoms with van der Waals surface area (Å²) in [6.45, 7) is 7.63. The first-order valence-electron chi connectivity index (χ1n) is 9.63. The lowest BCUT2D eigenvalue weighted by Crippen LogP contribution is -2.46. The van der Waals surface area contributed by atoms with Crippen molar-refractivity contribution in [2.75, 3.05) is 13.2 Å². The zero-order valence-electron chi connectivity index (χ0n) is 16.4. The van der Waals surface area contributed by atoms with Crippen LogP contribution in [0.5, 0.6) is 0 Å². The molecule has 0 aromatic rings. The largest absolute Gasteiger partial charge is 0.454 e. The first-order chi connectivity index (χ1) is 12.2. The molecule has 1 N–H and O–H groups in total. The summed E-state index contributed by atoms with van der Waals surface area (Å²) in [6, 6.07) is -0.522. The van der Waals surface area contributed by atoms with Gasteiger partial charge < -0.3 is 14.8 Å². The van der Waals surface area contributed by atoms with E-state index in [1.807, 2.05) is 0 Å². The maximum atomic E-state index is 12.3. The predicted octanol–water partition coefficient (Wildman–Crippen LogP) is 2.62. The van der Waals surface area contributed by atoms with Gasteiger partial charge in [0.1, 0.15) is 11.6 Å². The standard InChI is InChI=1S/C19H32N2O5/c1-13-8-5-6-9-14(13)20-16(22)12-25-17(23)15-10-7-11-21(15)18(24)26-19(2,3)4/h13-15H,5-12H2,1-4H3,(H,20,22)/t13-,14+,15+/m1/s1. The molecule has 3 atom stereocenters. The number of hydrogen-bond acceptors (Lipinski definition) is 5. The van der Waals surface area contributed by atoms with Crippen molar-refractivity contribution in [3.63, 3.8) is 0 Å². The minimum atomic E-state index is -0.675. The van der Waals surface area contributed by atoms with Crippen LogP contribution in [-0.4, -0.2) is 53.7 Å². The molecule has 0 spiro atoms. The van der Waals surface area contributed by atoms with E-state index in [0.29, 0.717) is 25.3 Å². The summed E-state index contributed by atoms with van der Waals surface area (Å²) in [5.41, 5.74) is -0.620. The van der Waals surface area contributed by atoms with Gasteiger partial charge in [-0.1, -0.05) is 19.8 Å².